The molecule has 0 aliphatic heterocycles. The maximum Gasteiger partial charge on any atom is 0.322 e. The highest BCUT2D eigenvalue weighted by Gasteiger charge is 2.14. The van der Waals surface area contributed by atoms with Gasteiger partial charge in [-0.2, -0.15) is 0 Å². The summed E-state index contributed by atoms with van der Waals surface area (Å²) >= 11 is 0. The highest BCUT2D eigenvalue weighted by Crippen LogP contribution is 2.11. The zero-order chi connectivity index (χ0) is 10.6. The fourth-order valence-corrected chi connectivity index (χ4v) is 1.05. The number of aryl methyl sites for hydroxylation is 1. The number of carbonyl (C=O) groups is 1. The molecule has 0 saturated carbocycles. The molecule has 3 N–H and O–H groups in total. The van der Waals surface area contributed by atoms with Crippen molar-refractivity contribution in [3.8, 4) is 0 Å². The molecular formula is C9H14N2O3. The van der Waals surface area contributed by atoms with Crippen LogP contribution in [0.5, 0.6) is 0 Å². The molecule has 1 aromatic heterocycles. The number of nitrogens with one attached hydrogen (secondary N) is 2. The molecule has 5 heteroatoms. The van der Waals surface area contributed by atoms with E-state index in [1.807, 2.05) is 13.0 Å². The first-order chi connectivity index (χ1) is 6.63. The van der Waals surface area contributed by atoms with Crippen molar-refractivity contribution in [1.29, 1.82) is 0 Å². The standard InChI is InChI=1S/C9H14N2O3/c1-6-3-4-8(14-6)11-5-7(10-2)9(12)13/h3-4,7,10-11H,5H2,1-2H3,(H,12,13). The maximum atomic E-state index is 10.6. The fraction of sp³-hybridized carbons (Fsp3) is 0.444. The molecule has 0 radical (unpaired) electrons. The molecule has 1 rings (SSSR count). The Kier molecular flexibility index (Phi) is 3.53. The van der Waals surface area contributed by atoms with Crippen LogP contribution >= 0.6 is 0 Å². The smallest absolute Gasteiger partial charge is 0.322 e. The third kappa shape index (κ3) is 2.77. The summed E-state index contributed by atoms with van der Waals surface area (Å²) in [5.74, 6) is 0.496. The van der Waals surface area contributed by atoms with Gasteiger partial charge in [-0.1, -0.05) is 0 Å². The van der Waals surface area contributed by atoms with Gasteiger partial charge in [-0.25, -0.2) is 0 Å². The minimum atomic E-state index is -0.886. The van der Waals surface area contributed by atoms with Crippen molar-refractivity contribution in [2.24, 2.45) is 0 Å². The molecular weight excluding hydrogens is 184 g/mol. The van der Waals surface area contributed by atoms with Gasteiger partial charge < -0.3 is 20.2 Å². The molecule has 0 saturated heterocycles. The molecule has 1 atom stereocenters. The number of aliphatic carboxylic acids is 1. The SMILES string of the molecule is CNC(CNc1ccc(C)o1)C(=O)O. The van der Waals surface area contributed by atoms with Crippen LogP contribution in [0.4, 0.5) is 5.88 Å². The van der Waals surface area contributed by atoms with Crippen molar-refractivity contribution >= 4 is 11.9 Å². The lowest BCUT2D eigenvalue weighted by Gasteiger charge is -2.11. The van der Waals surface area contributed by atoms with Crippen molar-refractivity contribution in [1.82, 2.24) is 5.32 Å². The van der Waals surface area contributed by atoms with Crippen molar-refractivity contribution in [2.45, 2.75) is 13.0 Å². The van der Waals surface area contributed by atoms with Crippen LogP contribution in [0.2, 0.25) is 0 Å². The summed E-state index contributed by atoms with van der Waals surface area (Å²) in [5.41, 5.74) is 0. The van der Waals surface area contributed by atoms with Crippen LogP contribution in [0.1, 0.15) is 5.76 Å². The van der Waals surface area contributed by atoms with Crippen LogP contribution in [0.15, 0.2) is 16.5 Å². The molecule has 1 unspecified atom stereocenters. The molecule has 0 amide bonds. The first-order valence-electron chi connectivity index (χ1n) is 4.34. The highest BCUT2D eigenvalue weighted by atomic mass is 16.4. The van der Waals surface area contributed by atoms with Crippen LogP contribution in [-0.2, 0) is 4.79 Å². The Morgan fingerprint density at radius 1 is 1.64 bits per heavy atom. The number of carboxylic acids is 1. The Morgan fingerprint density at radius 2 is 2.36 bits per heavy atom. The van der Waals surface area contributed by atoms with E-state index in [1.165, 1.54) is 0 Å². The highest BCUT2D eigenvalue weighted by molar-refractivity contribution is 5.74. The Morgan fingerprint density at radius 3 is 2.79 bits per heavy atom. The van der Waals surface area contributed by atoms with Crippen molar-refractivity contribution in [3.63, 3.8) is 0 Å². The maximum absolute atomic E-state index is 10.6. The minimum absolute atomic E-state index is 0.290. The predicted molar refractivity (Wildman–Crippen MR) is 52.4 cm³/mol. The van der Waals surface area contributed by atoms with Gasteiger partial charge in [0.2, 0.25) is 0 Å². The third-order valence-corrected chi connectivity index (χ3v) is 1.87. The first-order valence-corrected chi connectivity index (χ1v) is 4.34. The number of anilines is 1. The quantitative estimate of drug-likeness (QED) is 0.648. The number of hydrogen-bond acceptors (Lipinski definition) is 4. The molecule has 0 spiro atoms. The largest absolute Gasteiger partial charge is 0.480 e. The van der Waals surface area contributed by atoms with Gasteiger partial charge in [-0.3, -0.25) is 4.79 Å². The number of hydrogen-bond donors (Lipinski definition) is 3. The Bertz CT molecular complexity index is 309. The second kappa shape index (κ2) is 4.66. The molecule has 0 aliphatic carbocycles. The Hall–Kier alpha value is -1.49. The molecule has 1 heterocycles. The first kappa shape index (κ1) is 10.6. The second-order valence-electron chi connectivity index (χ2n) is 2.97. The van der Waals surface area contributed by atoms with Gasteiger partial charge in [0.15, 0.2) is 5.88 Å². The lowest BCUT2D eigenvalue weighted by Crippen LogP contribution is -2.39. The van der Waals surface area contributed by atoms with E-state index in [0.29, 0.717) is 12.4 Å². The fourth-order valence-electron chi connectivity index (χ4n) is 1.05. The van der Waals surface area contributed by atoms with Crippen molar-refractivity contribution in [3.05, 3.63) is 17.9 Å². The molecule has 78 valence electrons. The number of carboxylic acid groups (broad SMARTS) is 1. The van der Waals surface area contributed by atoms with E-state index >= 15 is 0 Å². The topological polar surface area (TPSA) is 74.5 Å². The minimum Gasteiger partial charge on any atom is -0.480 e. The van der Waals surface area contributed by atoms with E-state index in [0.717, 1.165) is 5.76 Å². The monoisotopic (exact) mass is 198 g/mol. The molecule has 14 heavy (non-hydrogen) atoms. The number of rotatable bonds is 5. The summed E-state index contributed by atoms with van der Waals surface area (Å²) in [6, 6.07) is 2.97. The zero-order valence-electron chi connectivity index (χ0n) is 8.20. The van der Waals surface area contributed by atoms with Gasteiger partial charge in [0.25, 0.3) is 0 Å². The van der Waals surface area contributed by atoms with E-state index in [-0.39, 0.29) is 0 Å². The van der Waals surface area contributed by atoms with Crippen LogP contribution in [0, 0.1) is 6.92 Å². The van der Waals surface area contributed by atoms with E-state index in [1.54, 1.807) is 13.1 Å². The molecule has 0 aliphatic rings. The van der Waals surface area contributed by atoms with Gasteiger partial charge in [0.05, 0.1) is 0 Å². The summed E-state index contributed by atoms with van der Waals surface area (Å²) in [6.45, 7) is 2.12. The third-order valence-electron chi connectivity index (χ3n) is 1.87. The Labute approximate surface area is 82.1 Å². The number of likely N-dealkylation sites (N-methyl/N-ethyl adjacent to an activating group) is 1. The van der Waals surface area contributed by atoms with Crippen molar-refractivity contribution in [2.75, 3.05) is 18.9 Å². The van der Waals surface area contributed by atoms with E-state index in [9.17, 15) is 4.79 Å². The molecule has 0 fully saturated rings. The predicted octanol–water partition coefficient (Wildman–Crippen LogP) is 0.673. The number of furan rings is 1. The van der Waals surface area contributed by atoms with Crippen LogP contribution in [0.3, 0.4) is 0 Å². The average molecular weight is 198 g/mol. The normalized spacial score (nSPS) is 12.4. The van der Waals surface area contributed by atoms with Gasteiger partial charge in [0, 0.05) is 12.6 Å². The van der Waals surface area contributed by atoms with Gasteiger partial charge >= 0.3 is 5.97 Å². The van der Waals surface area contributed by atoms with Crippen LogP contribution in [-0.4, -0.2) is 30.7 Å². The average Bonchev–Trinajstić information content (AvgIpc) is 2.52. The van der Waals surface area contributed by atoms with Gasteiger partial charge in [0.1, 0.15) is 11.8 Å². The molecule has 0 aromatic carbocycles. The van der Waals surface area contributed by atoms with Gasteiger partial charge in [-0.05, 0) is 20.0 Å². The van der Waals surface area contributed by atoms with E-state index in [2.05, 4.69) is 10.6 Å². The second-order valence-corrected chi connectivity index (χ2v) is 2.97. The zero-order valence-corrected chi connectivity index (χ0v) is 8.20. The van der Waals surface area contributed by atoms with Crippen LogP contribution in [0.25, 0.3) is 0 Å². The van der Waals surface area contributed by atoms with E-state index < -0.39 is 12.0 Å². The molecule has 1 aromatic rings. The van der Waals surface area contributed by atoms with Crippen LogP contribution < -0.4 is 10.6 Å². The summed E-state index contributed by atoms with van der Waals surface area (Å²) in [5, 5.41) is 14.3. The summed E-state index contributed by atoms with van der Waals surface area (Å²) in [7, 11) is 1.61. The van der Waals surface area contributed by atoms with Crippen molar-refractivity contribution < 1.29 is 14.3 Å². The molecule has 5 nitrogen and oxygen atoms in total. The summed E-state index contributed by atoms with van der Waals surface area (Å²) in [6.07, 6.45) is 0. The summed E-state index contributed by atoms with van der Waals surface area (Å²) in [4.78, 5) is 10.6. The van der Waals surface area contributed by atoms with E-state index in [4.69, 9.17) is 9.52 Å². The van der Waals surface area contributed by atoms with Gasteiger partial charge in [-0.15, -0.1) is 0 Å². The lowest BCUT2D eigenvalue weighted by atomic mass is 10.3. The molecule has 0 bridgehead atoms. The summed E-state index contributed by atoms with van der Waals surface area (Å²) < 4.78 is 5.23. The lowest BCUT2D eigenvalue weighted by molar-refractivity contribution is -0.138. The Balaban J connectivity index is 2.43.